The Hall–Kier alpha value is -6.95. The molecule has 7 aromatic rings. The molecule has 3 heterocycles. The molecular formula is C50H36Cl2N4O7. The van der Waals surface area contributed by atoms with E-state index in [-0.39, 0.29) is 35.4 Å². The summed E-state index contributed by atoms with van der Waals surface area (Å²) < 4.78 is 11.5. The van der Waals surface area contributed by atoms with Crippen LogP contribution in [-0.4, -0.2) is 45.8 Å². The van der Waals surface area contributed by atoms with E-state index in [9.17, 15) is 9.90 Å². The molecule has 0 bridgehead atoms. The fourth-order valence-electron chi connectivity index (χ4n) is 10.7. The number of hydrogen-bond acceptors (Lipinski definition) is 9. The van der Waals surface area contributed by atoms with Crippen molar-refractivity contribution < 1.29 is 33.4 Å². The third-order valence-corrected chi connectivity index (χ3v) is 14.0. The number of hydrogen-bond donors (Lipinski definition) is 2. The molecule has 0 unspecified atom stereocenters. The van der Waals surface area contributed by atoms with E-state index in [4.69, 9.17) is 32.4 Å². The number of imide groups is 2. The van der Waals surface area contributed by atoms with E-state index in [2.05, 4.69) is 10.4 Å². The molecule has 11 nitrogen and oxygen atoms in total. The van der Waals surface area contributed by atoms with Crippen LogP contribution in [0.25, 0.3) is 33.3 Å². The van der Waals surface area contributed by atoms with E-state index in [1.165, 1.54) is 11.0 Å². The Bertz CT molecular complexity index is 3080. The lowest BCUT2D eigenvalue weighted by molar-refractivity contribution is -0.138. The number of ether oxygens (including phenoxy) is 1. The highest BCUT2D eigenvalue weighted by atomic mass is 35.5. The lowest BCUT2D eigenvalue weighted by atomic mass is 9.49. The van der Waals surface area contributed by atoms with Gasteiger partial charge in [-0.05, 0) is 108 Å². The Morgan fingerprint density at radius 3 is 2.30 bits per heavy atom. The van der Waals surface area contributed by atoms with Crippen molar-refractivity contribution in [3.8, 4) is 23.0 Å². The number of phenolic OH excluding ortho intramolecular Hbond substituents is 1. The first-order valence-electron chi connectivity index (χ1n) is 20.6. The smallest absolute Gasteiger partial charge is 0.260 e. The molecule has 13 heteroatoms. The number of oxazole rings is 1. The number of fused-ring (bicyclic) bond motifs is 6. The summed E-state index contributed by atoms with van der Waals surface area (Å²) in [7, 11) is 1.55. The highest BCUT2D eigenvalue weighted by Crippen LogP contribution is 2.65. The second kappa shape index (κ2) is 14.6. The second-order valence-corrected chi connectivity index (χ2v) is 17.3. The minimum absolute atomic E-state index is 0.0540. The molecule has 63 heavy (non-hydrogen) atoms. The predicted octanol–water partition coefficient (Wildman–Crippen LogP) is 9.86. The van der Waals surface area contributed by atoms with Gasteiger partial charge < -0.3 is 14.3 Å². The molecular weight excluding hydrogens is 839 g/mol. The lowest BCUT2D eigenvalue weighted by Crippen LogP contribution is -2.53. The number of carbonyl (C=O) groups is 4. The van der Waals surface area contributed by atoms with E-state index in [1.54, 1.807) is 67.8 Å². The van der Waals surface area contributed by atoms with Crippen LogP contribution in [0.3, 0.4) is 0 Å². The van der Waals surface area contributed by atoms with Crippen LogP contribution in [0.5, 0.6) is 11.5 Å². The third kappa shape index (κ3) is 5.76. The summed E-state index contributed by atoms with van der Waals surface area (Å²) in [6.45, 7) is 0. The van der Waals surface area contributed by atoms with Crippen LogP contribution in [0.15, 0.2) is 143 Å². The molecule has 11 rings (SSSR count). The highest BCUT2D eigenvalue weighted by Gasteiger charge is 2.70. The first kappa shape index (κ1) is 38.9. The summed E-state index contributed by atoms with van der Waals surface area (Å²) >= 11 is 12.9. The van der Waals surface area contributed by atoms with Crippen LogP contribution in [-0.2, 0) is 24.6 Å². The SMILES string of the molecule is COc1ccc([C@@]23C(=O)N(Nc4ccc(Cl)cc4Cl)C(=O)[C@@H]2C[C@@H]2C(=CC[C@@H]4C(=O)N(c5ccc(-c6nc7ccccc7o6)cc5)C(=O)[C@@H]42)[C@@H]3c2ccc(O)c3ccccc23)cc1. The Balaban J connectivity index is 1.06. The normalized spacial score (nSPS) is 24.1. The zero-order valence-electron chi connectivity index (χ0n) is 33.5. The van der Waals surface area contributed by atoms with Gasteiger partial charge in [-0.15, -0.1) is 0 Å². The van der Waals surface area contributed by atoms with Gasteiger partial charge in [0.2, 0.25) is 17.7 Å². The molecule has 2 aliphatic carbocycles. The lowest BCUT2D eigenvalue weighted by Gasteiger charge is -2.51. The maximum atomic E-state index is 15.8. The number of benzene rings is 6. The van der Waals surface area contributed by atoms with E-state index in [0.717, 1.165) is 10.6 Å². The van der Waals surface area contributed by atoms with Crippen molar-refractivity contribution in [3.05, 3.63) is 160 Å². The number of anilines is 2. The molecule has 4 aliphatic rings. The van der Waals surface area contributed by atoms with Crippen LogP contribution in [0.4, 0.5) is 11.4 Å². The van der Waals surface area contributed by atoms with Crippen molar-refractivity contribution >= 4 is 80.1 Å². The van der Waals surface area contributed by atoms with Crippen molar-refractivity contribution in [3.63, 3.8) is 0 Å². The number of amides is 4. The number of nitrogens with one attached hydrogen (secondary N) is 1. The van der Waals surface area contributed by atoms with Gasteiger partial charge >= 0.3 is 0 Å². The van der Waals surface area contributed by atoms with Gasteiger partial charge in [-0.2, -0.15) is 5.01 Å². The molecule has 6 aromatic carbocycles. The molecule has 6 atom stereocenters. The fraction of sp³-hybridized carbons (Fsp3) is 0.180. The van der Waals surface area contributed by atoms with Crippen LogP contribution in [0, 0.1) is 23.7 Å². The third-order valence-electron chi connectivity index (χ3n) is 13.5. The molecule has 2 saturated heterocycles. The maximum absolute atomic E-state index is 15.8. The standard InChI is InChI=1S/C50H36Cl2N4O7/c1-62-30-17-12-27(13-18-30)50-37(47(59)56(49(50)61)54-39-22-14-28(51)24-38(39)52)25-36-34(44(50)33-21-23-41(57)32-7-3-2-6-31(32)33)19-20-35-43(36)48(60)55(46(35)58)29-15-10-26(11-16-29)45-53-40-8-4-5-9-42(40)63-45/h2-19,21-24,35-37,43-44,54,57H,20,25H2,1H3/t35-,36+,37-,43-,44-,50+/m0/s1. The van der Waals surface area contributed by atoms with Crippen LogP contribution < -0.4 is 15.1 Å². The van der Waals surface area contributed by atoms with Gasteiger partial charge in [-0.25, -0.2) is 4.98 Å². The Kier molecular flexibility index (Phi) is 9.01. The summed E-state index contributed by atoms with van der Waals surface area (Å²) in [5, 5.41) is 14.0. The number of hydrazine groups is 1. The molecule has 0 spiro atoms. The van der Waals surface area contributed by atoms with Gasteiger partial charge in [0.15, 0.2) is 5.58 Å². The number of para-hydroxylation sites is 2. The van der Waals surface area contributed by atoms with E-state index >= 15 is 14.4 Å². The molecule has 1 saturated carbocycles. The zero-order chi connectivity index (χ0) is 43.3. The van der Waals surface area contributed by atoms with Gasteiger partial charge in [0.1, 0.15) is 17.0 Å². The Morgan fingerprint density at radius 1 is 0.810 bits per heavy atom. The first-order valence-corrected chi connectivity index (χ1v) is 21.3. The van der Waals surface area contributed by atoms with Gasteiger partial charge in [0.05, 0.1) is 46.7 Å². The topological polar surface area (TPSA) is 142 Å². The number of aromatic hydroxyl groups is 1. The molecule has 0 radical (unpaired) electrons. The maximum Gasteiger partial charge on any atom is 0.260 e. The molecule has 2 aliphatic heterocycles. The van der Waals surface area contributed by atoms with Crippen molar-refractivity contribution in [2.24, 2.45) is 23.7 Å². The molecule has 312 valence electrons. The second-order valence-electron chi connectivity index (χ2n) is 16.5. The van der Waals surface area contributed by atoms with Gasteiger partial charge in [0, 0.05) is 21.9 Å². The fourth-order valence-corrected chi connectivity index (χ4v) is 11.2. The van der Waals surface area contributed by atoms with Crippen molar-refractivity contribution in [2.45, 2.75) is 24.2 Å². The number of halogens is 2. The Morgan fingerprint density at radius 2 is 1.56 bits per heavy atom. The minimum atomic E-state index is -1.57. The Labute approximate surface area is 370 Å². The highest BCUT2D eigenvalue weighted by molar-refractivity contribution is 6.36. The predicted molar refractivity (Wildman–Crippen MR) is 238 cm³/mol. The molecule has 2 N–H and O–H groups in total. The van der Waals surface area contributed by atoms with Crippen molar-refractivity contribution in [1.82, 2.24) is 9.99 Å². The van der Waals surface area contributed by atoms with E-state index in [1.807, 2.05) is 66.7 Å². The molecule has 3 fully saturated rings. The van der Waals surface area contributed by atoms with E-state index in [0.29, 0.717) is 66.6 Å². The number of rotatable bonds is 7. The first-order chi connectivity index (χ1) is 30.6. The summed E-state index contributed by atoms with van der Waals surface area (Å²) in [5.41, 5.74) is 6.25. The van der Waals surface area contributed by atoms with Gasteiger partial charge in [-0.1, -0.05) is 89.4 Å². The monoisotopic (exact) mass is 874 g/mol. The summed E-state index contributed by atoms with van der Waals surface area (Å²) in [4.78, 5) is 66.4. The molecule has 1 aromatic heterocycles. The van der Waals surface area contributed by atoms with Crippen molar-refractivity contribution in [1.29, 1.82) is 0 Å². The number of carbonyl (C=O) groups excluding carboxylic acids is 4. The average Bonchev–Trinajstić information content (AvgIpc) is 3.92. The quantitative estimate of drug-likeness (QED) is 0.118. The zero-order valence-corrected chi connectivity index (χ0v) is 35.0. The van der Waals surface area contributed by atoms with Crippen LogP contribution >= 0.6 is 23.2 Å². The summed E-state index contributed by atoms with van der Waals surface area (Å²) in [5.74, 6) is -4.73. The number of allylic oxidation sites excluding steroid dienone is 2. The number of methoxy groups -OCH3 is 1. The molecule has 4 amide bonds. The number of nitrogens with zero attached hydrogens (tertiary/aromatic N) is 3. The average molecular weight is 876 g/mol. The minimum Gasteiger partial charge on any atom is -0.507 e. The number of phenols is 1. The van der Waals surface area contributed by atoms with Crippen LogP contribution in [0.2, 0.25) is 10.0 Å². The number of aromatic nitrogens is 1. The van der Waals surface area contributed by atoms with Gasteiger partial charge in [0.25, 0.3) is 11.8 Å². The summed E-state index contributed by atoms with van der Waals surface area (Å²) in [6.07, 6.45) is 2.33. The largest absolute Gasteiger partial charge is 0.507 e. The van der Waals surface area contributed by atoms with E-state index < -0.39 is 46.8 Å². The van der Waals surface area contributed by atoms with Gasteiger partial charge in [-0.3, -0.25) is 29.5 Å². The van der Waals surface area contributed by atoms with Crippen LogP contribution in [0.1, 0.15) is 29.9 Å². The van der Waals surface area contributed by atoms with Crippen molar-refractivity contribution in [2.75, 3.05) is 17.4 Å². The summed E-state index contributed by atoms with van der Waals surface area (Å²) in [6, 6.07) is 37.1.